The summed E-state index contributed by atoms with van der Waals surface area (Å²) in [5.74, 6) is -0.642. The molecule has 6 nitrogen and oxygen atoms in total. The Bertz CT molecular complexity index is 1050. The Morgan fingerprint density at radius 3 is 2.39 bits per heavy atom. The molecule has 0 saturated heterocycles. The topological polar surface area (TPSA) is 72.9 Å². The number of hydrogen-bond donors (Lipinski definition) is 0. The van der Waals surface area contributed by atoms with E-state index in [0.717, 1.165) is 9.37 Å². The number of anilines is 1. The van der Waals surface area contributed by atoms with Crippen LogP contribution in [-0.2, 0) is 14.4 Å². The number of halogens is 2. The van der Waals surface area contributed by atoms with Gasteiger partial charge in [0.1, 0.15) is 0 Å². The average molecular weight is 509 g/mol. The molecular weight excluding hydrogens is 494 g/mol. The van der Waals surface area contributed by atoms with Crippen LogP contribution in [0.4, 0.5) is 5.69 Å². The average Bonchev–Trinajstić information content (AvgIpc) is 2.88. The van der Waals surface area contributed by atoms with Crippen molar-refractivity contribution in [1.29, 1.82) is 0 Å². The number of benzene rings is 2. The van der Waals surface area contributed by atoms with Crippen LogP contribution in [0.15, 0.2) is 39.3 Å². The van der Waals surface area contributed by atoms with Crippen molar-refractivity contribution in [2.75, 3.05) is 12.0 Å². The van der Waals surface area contributed by atoms with Gasteiger partial charge in [0, 0.05) is 28.4 Å². The summed E-state index contributed by atoms with van der Waals surface area (Å²) in [6, 6.07) is 8.53. The zero-order valence-corrected chi connectivity index (χ0v) is 18.4. The Morgan fingerprint density at radius 1 is 1.07 bits per heavy atom. The van der Waals surface area contributed by atoms with E-state index in [1.165, 1.54) is 21.0 Å². The first kappa shape index (κ1) is 20.3. The van der Waals surface area contributed by atoms with Crippen molar-refractivity contribution in [1.82, 2.24) is 0 Å². The second-order valence-corrected chi connectivity index (χ2v) is 7.77. The van der Waals surface area contributed by atoms with Crippen LogP contribution in [0.5, 0.6) is 11.5 Å². The smallest absolute Gasteiger partial charge is 0.308 e. The molecule has 3 rings (SSSR count). The van der Waals surface area contributed by atoms with Crippen LogP contribution in [0, 0.1) is 0 Å². The van der Waals surface area contributed by atoms with Gasteiger partial charge in [0.2, 0.25) is 5.91 Å². The number of fused-ring (bicyclic) bond motifs is 1. The monoisotopic (exact) mass is 507 g/mol. The van der Waals surface area contributed by atoms with Gasteiger partial charge in [-0.3, -0.25) is 14.4 Å². The predicted molar refractivity (Wildman–Crippen MR) is 112 cm³/mol. The molecule has 1 aliphatic rings. The maximum Gasteiger partial charge on any atom is 0.308 e. The number of carbonyl (C=O) groups is 3. The molecule has 0 N–H and O–H groups in total. The minimum atomic E-state index is -0.474. The van der Waals surface area contributed by atoms with Gasteiger partial charge in [-0.2, -0.15) is 0 Å². The van der Waals surface area contributed by atoms with Crippen molar-refractivity contribution in [3.63, 3.8) is 0 Å². The lowest BCUT2D eigenvalue weighted by Gasteiger charge is -2.12. The summed E-state index contributed by atoms with van der Waals surface area (Å²) < 4.78 is 11.8. The summed E-state index contributed by atoms with van der Waals surface area (Å²) in [6.07, 6.45) is 1.67. The Balaban J connectivity index is 2.16. The third-order valence-electron chi connectivity index (χ3n) is 4.07. The zero-order valence-electron chi connectivity index (χ0n) is 15.2. The number of methoxy groups -OCH3 is 1. The third-order valence-corrected chi connectivity index (χ3v) is 5.25. The SMILES string of the molecule is COc1cc(C=C2C(=O)N(C(C)=O)c3ccc(Br)cc32)c(Br)cc1OC(C)=O. The normalized spacial score (nSPS) is 14.2. The Labute approximate surface area is 178 Å². The van der Waals surface area contributed by atoms with Gasteiger partial charge >= 0.3 is 5.97 Å². The van der Waals surface area contributed by atoms with E-state index in [4.69, 9.17) is 9.47 Å². The predicted octanol–water partition coefficient (Wildman–Crippen LogP) is 4.58. The van der Waals surface area contributed by atoms with Gasteiger partial charge in [-0.25, -0.2) is 4.90 Å². The molecule has 144 valence electrons. The number of nitrogens with zero attached hydrogens (tertiary/aromatic N) is 1. The lowest BCUT2D eigenvalue weighted by atomic mass is 10.0. The molecule has 8 heteroatoms. The first-order chi connectivity index (χ1) is 13.2. The van der Waals surface area contributed by atoms with Crippen molar-refractivity contribution >= 4 is 67.0 Å². The Kier molecular flexibility index (Phi) is 5.71. The van der Waals surface area contributed by atoms with E-state index in [2.05, 4.69) is 31.9 Å². The van der Waals surface area contributed by atoms with E-state index < -0.39 is 11.9 Å². The fourth-order valence-electron chi connectivity index (χ4n) is 2.93. The summed E-state index contributed by atoms with van der Waals surface area (Å²) in [4.78, 5) is 37.3. The number of hydrogen-bond acceptors (Lipinski definition) is 5. The van der Waals surface area contributed by atoms with Crippen LogP contribution < -0.4 is 14.4 Å². The lowest BCUT2D eigenvalue weighted by Crippen LogP contribution is -2.31. The molecule has 0 unspecified atom stereocenters. The standard InChI is InChI=1S/C20H15Br2NO5/c1-10(24)23-17-5-4-13(21)8-14(17)15(20(23)26)6-12-7-18(27-3)19(9-16(12)22)28-11(2)25/h4-9H,1-3H3. The highest BCUT2D eigenvalue weighted by Gasteiger charge is 2.35. The molecule has 0 spiro atoms. The molecule has 1 aliphatic heterocycles. The number of esters is 1. The summed E-state index contributed by atoms with van der Waals surface area (Å²) in [6.45, 7) is 2.64. The van der Waals surface area contributed by atoms with Crippen molar-refractivity contribution in [3.8, 4) is 11.5 Å². The minimum Gasteiger partial charge on any atom is -0.493 e. The summed E-state index contributed by atoms with van der Waals surface area (Å²) >= 11 is 6.84. The van der Waals surface area contributed by atoms with Gasteiger partial charge in [0.15, 0.2) is 11.5 Å². The van der Waals surface area contributed by atoms with E-state index in [0.29, 0.717) is 32.6 Å². The molecule has 1 heterocycles. The minimum absolute atomic E-state index is 0.260. The highest BCUT2D eigenvalue weighted by atomic mass is 79.9. The van der Waals surface area contributed by atoms with Crippen molar-refractivity contribution in [2.45, 2.75) is 13.8 Å². The van der Waals surface area contributed by atoms with Crippen LogP contribution >= 0.6 is 31.9 Å². The number of ether oxygens (including phenoxy) is 2. The molecule has 2 aromatic carbocycles. The number of imide groups is 1. The number of amides is 2. The molecule has 0 aliphatic carbocycles. The van der Waals surface area contributed by atoms with E-state index in [1.807, 2.05) is 0 Å². The second kappa shape index (κ2) is 7.89. The molecule has 0 atom stereocenters. The molecule has 2 amide bonds. The second-order valence-electron chi connectivity index (χ2n) is 6.00. The molecule has 0 aromatic heterocycles. The maximum atomic E-state index is 12.9. The largest absolute Gasteiger partial charge is 0.493 e. The van der Waals surface area contributed by atoms with Crippen LogP contribution in [0.2, 0.25) is 0 Å². The van der Waals surface area contributed by atoms with Crippen LogP contribution in [-0.4, -0.2) is 24.9 Å². The molecular formula is C20H15Br2NO5. The highest BCUT2D eigenvalue weighted by molar-refractivity contribution is 9.10. The van der Waals surface area contributed by atoms with Crippen molar-refractivity contribution in [3.05, 3.63) is 50.4 Å². The quantitative estimate of drug-likeness (QED) is 0.344. The number of carbonyl (C=O) groups excluding carboxylic acids is 3. The van der Waals surface area contributed by atoms with E-state index >= 15 is 0 Å². The molecule has 2 aromatic rings. The van der Waals surface area contributed by atoms with Crippen LogP contribution in [0.3, 0.4) is 0 Å². The molecule has 0 radical (unpaired) electrons. The van der Waals surface area contributed by atoms with Crippen LogP contribution in [0.1, 0.15) is 25.0 Å². The van der Waals surface area contributed by atoms with Crippen molar-refractivity contribution < 1.29 is 23.9 Å². The fraction of sp³-hybridized carbons (Fsp3) is 0.150. The van der Waals surface area contributed by atoms with E-state index in [-0.39, 0.29) is 11.7 Å². The molecule has 0 bridgehead atoms. The third kappa shape index (κ3) is 3.74. The molecule has 28 heavy (non-hydrogen) atoms. The van der Waals surface area contributed by atoms with Gasteiger partial charge in [0.05, 0.1) is 18.4 Å². The Hall–Kier alpha value is -2.45. The summed E-state index contributed by atoms with van der Waals surface area (Å²) in [5.41, 5.74) is 2.18. The summed E-state index contributed by atoms with van der Waals surface area (Å²) in [5, 5.41) is 0. The van der Waals surface area contributed by atoms with Gasteiger partial charge < -0.3 is 9.47 Å². The van der Waals surface area contributed by atoms with Gasteiger partial charge in [-0.05, 0) is 42.0 Å². The summed E-state index contributed by atoms with van der Waals surface area (Å²) in [7, 11) is 1.46. The zero-order chi connectivity index (χ0) is 20.6. The fourth-order valence-corrected chi connectivity index (χ4v) is 3.73. The lowest BCUT2D eigenvalue weighted by molar-refractivity contribution is -0.132. The molecule has 0 fully saturated rings. The molecule has 0 saturated carbocycles. The first-order valence-corrected chi connectivity index (χ1v) is 9.74. The van der Waals surface area contributed by atoms with E-state index in [1.54, 1.807) is 36.4 Å². The van der Waals surface area contributed by atoms with Gasteiger partial charge in [-0.15, -0.1) is 0 Å². The van der Waals surface area contributed by atoms with E-state index in [9.17, 15) is 14.4 Å². The first-order valence-electron chi connectivity index (χ1n) is 8.15. The maximum absolute atomic E-state index is 12.9. The van der Waals surface area contributed by atoms with Crippen LogP contribution in [0.25, 0.3) is 11.6 Å². The van der Waals surface area contributed by atoms with Crippen molar-refractivity contribution in [2.24, 2.45) is 0 Å². The van der Waals surface area contributed by atoms with Gasteiger partial charge in [-0.1, -0.05) is 31.9 Å². The van der Waals surface area contributed by atoms with Gasteiger partial charge in [0.25, 0.3) is 5.91 Å². The highest BCUT2D eigenvalue weighted by Crippen LogP contribution is 2.41. The Morgan fingerprint density at radius 2 is 1.79 bits per heavy atom. The number of rotatable bonds is 3.